The van der Waals surface area contributed by atoms with Gasteiger partial charge in [0.05, 0.1) is 7.11 Å². The van der Waals surface area contributed by atoms with E-state index in [0.717, 1.165) is 6.07 Å². The quantitative estimate of drug-likeness (QED) is 0.662. The zero-order chi connectivity index (χ0) is 17.6. The summed E-state index contributed by atoms with van der Waals surface area (Å²) in [5.74, 6) is -2.57. The van der Waals surface area contributed by atoms with Gasteiger partial charge in [-0.3, -0.25) is 0 Å². The third-order valence-corrected chi connectivity index (χ3v) is 2.77. The molecular weight excluding hydrogens is 310 g/mol. The average molecular weight is 330 g/mol. The van der Waals surface area contributed by atoms with Crippen LogP contribution in [-0.2, 0) is 20.7 Å². The number of halogens is 2. The molecule has 8 heteroatoms. The third-order valence-electron chi connectivity index (χ3n) is 2.77. The lowest BCUT2D eigenvalue weighted by atomic mass is 10.1. The second-order valence-corrected chi connectivity index (χ2v) is 5.84. The Labute approximate surface area is 133 Å². The molecule has 128 valence electrons. The Kier molecular flexibility index (Phi) is 6.41. The van der Waals surface area contributed by atoms with Gasteiger partial charge in [0.15, 0.2) is 0 Å². The van der Waals surface area contributed by atoms with Crippen molar-refractivity contribution in [3.63, 3.8) is 0 Å². The van der Waals surface area contributed by atoms with Gasteiger partial charge in [0.2, 0.25) is 11.9 Å². The summed E-state index contributed by atoms with van der Waals surface area (Å²) in [7, 11) is 1.17. The summed E-state index contributed by atoms with van der Waals surface area (Å²) in [5.41, 5.74) is -0.594. The largest absolute Gasteiger partial charge is 0.467 e. The molecule has 1 atom stereocenters. The highest BCUT2D eigenvalue weighted by molar-refractivity contribution is 5.81. The number of pyridine rings is 1. The number of nitrogens with one attached hydrogen (secondary N) is 1. The highest BCUT2D eigenvalue weighted by Gasteiger charge is 2.25. The van der Waals surface area contributed by atoms with Gasteiger partial charge in [-0.2, -0.15) is 13.8 Å². The number of nitrogens with zero attached hydrogens (tertiary/aromatic N) is 1. The van der Waals surface area contributed by atoms with Gasteiger partial charge in [-0.25, -0.2) is 9.59 Å². The molecule has 0 aromatic carbocycles. The van der Waals surface area contributed by atoms with Gasteiger partial charge in [0.1, 0.15) is 11.6 Å². The predicted octanol–water partition coefficient (Wildman–Crippen LogP) is 2.36. The Bertz CT molecular complexity index is 573. The molecule has 0 aliphatic rings. The first-order valence-electron chi connectivity index (χ1n) is 7.00. The summed E-state index contributed by atoms with van der Waals surface area (Å²) < 4.78 is 35.9. The molecule has 0 fully saturated rings. The second-order valence-electron chi connectivity index (χ2n) is 5.84. The number of rotatable bonds is 5. The standard InChI is InChI=1S/C15H20F2N2O4/c1-15(2,3)23-14(21)18-10(13(20)22-4)7-5-9-6-8-11(16)19-12(9)17/h6,8,10H,5,7H2,1-4H3,(H,18,21). The highest BCUT2D eigenvalue weighted by atomic mass is 19.1. The average Bonchev–Trinajstić information content (AvgIpc) is 2.42. The summed E-state index contributed by atoms with van der Waals surface area (Å²) in [4.78, 5) is 26.5. The molecule has 1 aromatic rings. The van der Waals surface area contributed by atoms with Crippen molar-refractivity contribution in [1.29, 1.82) is 0 Å². The van der Waals surface area contributed by atoms with E-state index in [0.29, 0.717) is 0 Å². The van der Waals surface area contributed by atoms with E-state index < -0.39 is 35.6 Å². The Balaban J connectivity index is 2.71. The molecular formula is C15H20F2N2O4. The van der Waals surface area contributed by atoms with Gasteiger partial charge in [-0.1, -0.05) is 0 Å². The van der Waals surface area contributed by atoms with E-state index in [1.165, 1.54) is 13.2 Å². The Morgan fingerprint density at radius 2 is 1.96 bits per heavy atom. The molecule has 1 aromatic heterocycles. The van der Waals surface area contributed by atoms with Crippen molar-refractivity contribution in [2.45, 2.75) is 45.3 Å². The minimum absolute atomic E-state index is 0.0517. The van der Waals surface area contributed by atoms with Crippen molar-refractivity contribution < 1.29 is 27.8 Å². The maximum Gasteiger partial charge on any atom is 0.408 e. The van der Waals surface area contributed by atoms with Gasteiger partial charge >= 0.3 is 12.1 Å². The maximum atomic E-state index is 13.5. The third kappa shape index (κ3) is 6.58. The number of amides is 1. The van der Waals surface area contributed by atoms with E-state index in [4.69, 9.17) is 4.74 Å². The second kappa shape index (κ2) is 7.85. The van der Waals surface area contributed by atoms with Gasteiger partial charge in [-0.05, 0) is 45.7 Å². The summed E-state index contributed by atoms with van der Waals surface area (Å²) in [6.07, 6.45) is -0.671. The van der Waals surface area contributed by atoms with Crippen LogP contribution in [0.4, 0.5) is 13.6 Å². The molecule has 0 spiro atoms. The lowest BCUT2D eigenvalue weighted by Crippen LogP contribution is -2.44. The molecule has 1 unspecified atom stereocenters. The summed E-state index contributed by atoms with van der Waals surface area (Å²) in [6, 6.07) is 1.24. The number of methoxy groups -OCH3 is 1. The zero-order valence-corrected chi connectivity index (χ0v) is 13.5. The fourth-order valence-corrected chi connectivity index (χ4v) is 1.77. The molecule has 0 aliphatic heterocycles. The molecule has 0 aliphatic carbocycles. The predicted molar refractivity (Wildman–Crippen MR) is 77.6 cm³/mol. The maximum absolute atomic E-state index is 13.5. The fourth-order valence-electron chi connectivity index (χ4n) is 1.77. The van der Waals surface area contributed by atoms with Gasteiger partial charge in [0, 0.05) is 5.56 Å². The molecule has 1 N–H and O–H groups in total. The minimum atomic E-state index is -1.01. The van der Waals surface area contributed by atoms with E-state index in [-0.39, 0.29) is 18.4 Å². The Hall–Kier alpha value is -2.25. The van der Waals surface area contributed by atoms with Crippen LogP contribution in [0.15, 0.2) is 12.1 Å². The number of aromatic nitrogens is 1. The van der Waals surface area contributed by atoms with Crippen LogP contribution in [0.5, 0.6) is 0 Å². The normalized spacial score (nSPS) is 12.4. The lowest BCUT2D eigenvalue weighted by molar-refractivity contribution is -0.143. The van der Waals surface area contributed by atoms with Crippen LogP contribution in [0.1, 0.15) is 32.8 Å². The molecule has 0 radical (unpaired) electrons. The van der Waals surface area contributed by atoms with Crippen LogP contribution in [0.2, 0.25) is 0 Å². The van der Waals surface area contributed by atoms with Gasteiger partial charge in [0.25, 0.3) is 0 Å². The monoisotopic (exact) mass is 330 g/mol. The first-order valence-corrected chi connectivity index (χ1v) is 7.00. The van der Waals surface area contributed by atoms with Crippen LogP contribution < -0.4 is 5.32 Å². The molecule has 0 bridgehead atoms. The molecule has 0 saturated heterocycles. The van der Waals surface area contributed by atoms with E-state index in [1.54, 1.807) is 20.8 Å². The van der Waals surface area contributed by atoms with Gasteiger partial charge < -0.3 is 14.8 Å². The number of carbonyl (C=O) groups excluding carboxylic acids is 2. The number of carbonyl (C=O) groups is 2. The van der Waals surface area contributed by atoms with E-state index in [2.05, 4.69) is 15.0 Å². The fraction of sp³-hybridized carbons (Fsp3) is 0.533. The van der Waals surface area contributed by atoms with Crippen molar-refractivity contribution in [1.82, 2.24) is 10.3 Å². The first kappa shape index (κ1) is 18.8. The van der Waals surface area contributed by atoms with Crippen molar-refractivity contribution in [3.8, 4) is 0 Å². The number of esters is 1. The van der Waals surface area contributed by atoms with Crippen LogP contribution >= 0.6 is 0 Å². The molecule has 0 saturated carbocycles. The van der Waals surface area contributed by atoms with Crippen LogP contribution in [0.25, 0.3) is 0 Å². The van der Waals surface area contributed by atoms with Gasteiger partial charge in [-0.15, -0.1) is 0 Å². The van der Waals surface area contributed by atoms with Crippen molar-refractivity contribution in [2.24, 2.45) is 0 Å². The molecule has 1 rings (SSSR count). The number of ether oxygens (including phenoxy) is 2. The van der Waals surface area contributed by atoms with E-state index in [1.807, 2.05) is 0 Å². The smallest absolute Gasteiger partial charge is 0.408 e. The summed E-state index contributed by atoms with van der Waals surface area (Å²) >= 11 is 0. The zero-order valence-electron chi connectivity index (χ0n) is 13.5. The lowest BCUT2D eigenvalue weighted by Gasteiger charge is -2.22. The van der Waals surface area contributed by atoms with Crippen LogP contribution in [-0.4, -0.2) is 35.8 Å². The van der Waals surface area contributed by atoms with E-state index >= 15 is 0 Å². The SMILES string of the molecule is COC(=O)C(CCc1ccc(F)nc1F)NC(=O)OC(C)(C)C. The number of hydrogen-bond acceptors (Lipinski definition) is 5. The van der Waals surface area contributed by atoms with E-state index in [9.17, 15) is 18.4 Å². The van der Waals surface area contributed by atoms with Crippen molar-refractivity contribution in [3.05, 3.63) is 29.6 Å². The molecule has 1 heterocycles. The first-order chi connectivity index (χ1) is 10.6. The Morgan fingerprint density at radius 1 is 1.30 bits per heavy atom. The number of alkyl carbamates (subject to hydrolysis) is 1. The summed E-state index contributed by atoms with van der Waals surface area (Å²) in [5, 5.41) is 2.37. The Morgan fingerprint density at radius 3 is 2.48 bits per heavy atom. The van der Waals surface area contributed by atoms with Crippen molar-refractivity contribution >= 4 is 12.1 Å². The summed E-state index contributed by atoms with van der Waals surface area (Å²) in [6.45, 7) is 5.04. The molecule has 23 heavy (non-hydrogen) atoms. The van der Waals surface area contributed by atoms with Crippen LogP contribution in [0.3, 0.4) is 0 Å². The van der Waals surface area contributed by atoms with Crippen LogP contribution in [0, 0.1) is 11.9 Å². The topological polar surface area (TPSA) is 77.5 Å². The van der Waals surface area contributed by atoms with Crippen molar-refractivity contribution in [2.75, 3.05) is 7.11 Å². The number of aryl methyl sites for hydroxylation is 1. The highest BCUT2D eigenvalue weighted by Crippen LogP contribution is 2.12. The number of hydrogen-bond donors (Lipinski definition) is 1. The molecule has 1 amide bonds. The molecule has 6 nitrogen and oxygen atoms in total. The minimum Gasteiger partial charge on any atom is -0.467 e.